The lowest BCUT2D eigenvalue weighted by Crippen LogP contribution is -2.47. The molecule has 104 valence electrons. The molecule has 0 amide bonds. The fraction of sp³-hybridized carbons (Fsp3) is 0.929. The van der Waals surface area contributed by atoms with Gasteiger partial charge in [-0.25, -0.2) is 0 Å². The molecule has 0 aliphatic carbocycles. The van der Waals surface area contributed by atoms with Crippen LogP contribution in [0.15, 0.2) is 0 Å². The summed E-state index contributed by atoms with van der Waals surface area (Å²) >= 11 is 0. The molecule has 0 saturated carbocycles. The van der Waals surface area contributed by atoms with E-state index >= 15 is 0 Å². The van der Waals surface area contributed by atoms with Gasteiger partial charge in [-0.05, 0) is 59.5 Å². The van der Waals surface area contributed by atoms with Gasteiger partial charge in [0.1, 0.15) is 5.60 Å². The molecule has 2 fully saturated rings. The number of carbonyl (C=O) groups is 1. The first-order valence-electron chi connectivity index (χ1n) is 7.13. The van der Waals surface area contributed by atoms with Gasteiger partial charge in [-0.2, -0.15) is 0 Å². The highest BCUT2D eigenvalue weighted by Gasteiger charge is 2.31. The van der Waals surface area contributed by atoms with Crippen molar-refractivity contribution in [1.82, 2.24) is 10.2 Å². The van der Waals surface area contributed by atoms with Gasteiger partial charge in [-0.15, -0.1) is 0 Å². The Labute approximate surface area is 110 Å². The zero-order valence-electron chi connectivity index (χ0n) is 11.9. The minimum Gasteiger partial charge on any atom is -0.459 e. The normalized spacial score (nSPS) is 29.1. The highest BCUT2D eigenvalue weighted by molar-refractivity contribution is 5.72. The van der Waals surface area contributed by atoms with Crippen LogP contribution in [0.1, 0.15) is 46.5 Å². The zero-order chi connectivity index (χ0) is 13.2. The van der Waals surface area contributed by atoms with Gasteiger partial charge >= 0.3 is 5.97 Å². The Morgan fingerprint density at radius 1 is 1.33 bits per heavy atom. The van der Waals surface area contributed by atoms with Crippen LogP contribution in [0, 0.1) is 0 Å². The van der Waals surface area contributed by atoms with Crippen LogP contribution in [0.5, 0.6) is 0 Å². The molecule has 2 heterocycles. The number of nitrogens with one attached hydrogen (secondary N) is 1. The molecule has 0 radical (unpaired) electrons. The van der Waals surface area contributed by atoms with Crippen molar-refractivity contribution >= 4 is 5.97 Å². The average Bonchev–Trinajstić information content (AvgIpc) is 2.71. The monoisotopic (exact) mass is 254 g/mol. The van der Waals surface area contributed by atoms with E-state index in [1.54, 1.807) is 0 Å². The maximum absolute atomic E-state index is 11.6. The highest BCUT2D eigenvalue weighted by Crippen LogP contribution is 2.26. The Morgan fingerprint density at radius 3 is 2.83 bits per heavy atom. The van der Waals surface area contributed by atoms with Crippen molar-refractivity contribution in [2.45, 2.75) is 64.1 Å². The summed E-state index contributed by atoms with van der Waals surface area (Å²) in [5, 5.41) is 3.36. The smallest absolute Gasteiger partial charge is 0.320 e. The van der Waals surface area contributed by atoms with Gasteiger partial charge < -0.3 is 15.0 Å². The van der Waals surface area contributed by atoms with E-state index in [2.05, 4.69) is 10.2 Å². The second-order valence-corrected chi connectivity index (χ2v) is 6.52. The first-order valence-corrected chi connectivity index (χ1v) is 7.13. The molecule has 2 aliphatic rings. The average molecular weight is 254 g/mol. The highest BCUT2D eigenvalue weighted by atomic mass is 16.6. The lowest BCUT2D eigenvalue weighted by atomic mass is 9.98. The SMILES string of the molecule is CC(C)(C)OC(=O)CNC1CCN2CCCC2C1. The predicted octanol–water partition coefficient (Wildman–Crippen LogP) is 1.54. The van der Waals surface area contributed by atoms with E-state index in [9.17, 15) is 4.79 Å². The van der Waals surface area contributed by atoms with Crippen LogP contribution in [-0.2, 0) is 9.53 Å². The molecule has 0 aromatic rings. The number of rotatable bonds is 3. The van der Waals surface area contributed by atoms with E-state index in [0.29, 0.717) is 12.6 Å². The van der Waals surface area contributed by atoms with Crippen molar-refractivity contribution in [3.05, 3.63) is 0 Å². The van der Waals surface area contributed by atoms with Crippen LogP contribution in [0.2, 0.25) is 0 Å². The summed E-state index contributed by atoms with van der Waals surface area (Å²) in [5.74, 6) is -0.142. The Morgan fingerprint density at radius 2 is 2.11 bits per heavy atom. The van der Waals surface area contributed by atoms with Gasteiger partial charge in [-0.1, -0.05) is 0 Å². The summed E-state index contributed by atoms with van der Waals surface area (Å²) in [6.45, 7) is 8.50. The predicted molar refractivity (Wildman–Crippen MR) is 71.5 cm³/mol. The van der Waals surface area contributed by atoms with E-state index < -0.39 is 0 Å². The van der Waals surface area contributed by atoms with Crippen molar-refractivity contribution in [3.8, 4) is 0 Å². The Bertz CT molecular complexity index is 299. The molecular formula is C14H26N2O2. The molecule has 0 aromatic heterocycles. The van der Waals surface area contributed by atoms with Crippen LogP contribution < -0.4 is 5.32 Å². The largest absolute Gasteiger partial charge is 0.459 e. The van der Waals surface area contributed by atoms with Crippen molar-refractivity contribution in [2.24, 2.45) is 0 Å². The Balaban J connectivity index is 1.69. The number of fused-ring (bicyclic) bond motifs is 1. The number of piperidine rings is 1. The van der Waals surface area contributed by atoms with Crippen molar-refractivity contribution in [1.29, 1.82) is 0 Å². The molecule has 0 bridgehead atoms. The fourth-order valence-corrected chi connectivity index (χ4v) is 3.02. The third-order valence-electron chi connectivity index (χ3n) is 3.78. The van der Waals surface area contributed by atoms with Gasteiger partial charge in [0.2, 0.25) is 0 Å². The summed E-state index contributed by atoms with van der Waals surface area (Å²) in [4.78, 5) is 14.2. The molecule has 1 N–H and O–H groups in total. The fourth-order valence-electron chi connectivity index (χ4n) is 3.02. The molecule has 0 aromatic carbocycles. The van der Waals surface area contributed by atoms with E-state index in [1.165, 1.54) is 32.4 Å². The second kappa shape index (κ2) is 5.57. The van der Waals surface area contributed by atoms with Gasteiger partial charge in [0.25, 0.3) is 0 Å². The van der Waals surface area contributed by atoms with Gasteiger partial charge in [0.05, 0.1) is 6.54 Å². The third kappa shape index (κ3) is 3.95. The first kappa shape index (κ1) is 13.8. The van der Waals surface area contributed by atoms with Crippen LogP contribution in [-0.4, -0.2) is 48.2 Å². The lowest BCUT2D eigenvalue weighted by molar-refractivity contribution is -0.153. The van der Waals surface area contributed by atoms with Crippen LogP contribution >= 0.6 is 0 Å². The maximum atomic E-state index is 11.6. The molecule has 4 nitrogen and oxygen atoms in total. The van der Waals surface area contributed by atoms with Crippen LogP contribution in [0.4, 0.5) is 0 Å². The number of hydrogen-bond donors (Lipinski definition) is 1. The lowest BCUT2D eigenvalue weighted by Gasteiger charge is -2.35. The molecular weight excluding hydrogens is 228 g/mol. The van der Waals surface area contributed by atoms with E-state index in [0.717, 1.165) is 12.5 Å². The number of nitrogens with zero attached hydrogens (tertiary/aromatic N) is 1. The van der Waals surface area contributed by atoms with E-state index in [1.807, 2.05) is 20.8 Å². The minimum atomic E-state index is -0.381. The standard InChI is InChI=1S/C14H26N2O2/c1-14(2,3)18-13(17)10-15-11-6-8-16-7-4-5-12(16)9-11/h11-12,15H,4-10H2,1-3H3. The minimum absolute atomic E-state index is 0.142. The molecule has 2 unspecified atom stereocenters. The molecule has 18 heavy (non-hydrogen) atoms. The summed E-state index contributed by atoms with van der Waals surface area (Å²) in [5.41, 5.74) is -0.381. The third-order valence-corrected chi connectivity index (χ3v) is 3.78. The topological polar surface area (TPSA) is 41.6 Å². The van der Waals surface area contributed by atoms with E-state index in [-0.39, 0.29) is 11.6 Å². The number of hydrogen-bond acceptors (Lipinski definition) is 4. The number of esters is 1. The van der Waals surface area contributed by atoms with Crippen molar-refractivity contribution in [2.75, 3.05) is 19.6 Å². The van der Waals surface area contributed by atoms with Crippen LogP contribution in [0.25, 0.3) is 0 Å². The molecule has 2 rings (SSSR count). The summed E-state index contributed by atoms with van der Waals surface area (Å²) in [6.07, 6.45) is 5.00. The first-order chi connectivity index (χ1) is 8.44. The molecule has 4 heteroatoms. The Hall–Kier alpha value is -0.610. The molecule has 2 saturated heterocycles. The number of carbonyl (C=O) groups excluding carboxylic acids is 1. The molecule has 2 aliphatic heterocycles. The summed E-state index contributed by atoms with van der Waals surface area (Å²) in [7, 11) is 0. The second-order valence-electron chi connectivity index (χ2n) is 6.52. The summed E-state index contributed by atoms with van der Waals surface area (Å²) in [6, 6.07) is 1.23. The van der Waals surface area contributed by atoms with Crippen molar-refractivity contribution < 1.29 is 9.53 Å². The Kier molecular flexibility index (Phi) is 4.28. The van der Waals surface area contributed by atoms with Gasteiger partial charge in [0.15, 0.2) is 0 Å². The maximum Gasteiger partial charge on any atom is 0.320 e. The van der Waals surface area contributed by atoms with Crippen molar-refractivity contribution in [3.63, 3.8) is 0 Å². The number of ether oxygens (including phenoxy) is 1. The zero-order valence-corrected chi connectivity index (χ0v) is 11.9. The van der Waals surface area contributed by atoms with Gasteiger partial charge in [-0.3, -0.25) is 4.79 Å². The van der Waals surface area contributed by atoms with Crippen LogP contribution in [0.3, 0.4) is 0 Å². The summed E-state index contributed by atoms with van der Waals surface area (Å²) < 4.78 is 5.30. The molecule has 0 spiro atoms. The quantitative estimate of drug-likeness (QED) is 0.776. The molecule has 2 atom stereocenters. The van der Waals surface area contributed by atoms with Gasteiger partial charge in [0, 0.05) is 12.1 Å². The van der Waals surface area contributed by atoms with E-state index in [4.69, 9.17) is 4.74 Å².